The molecular weight excluding hydrogens is 522 g/mol. The summed E-state index contributed by atoms with van der Waals surface area (Å²) in [6.07, 6.45) is 6.35. The van der Waals surface area contributed by atoms with Crippen molar-refractivity contribution in [3.63, 3.8) is 0 Å². The number of methoxy groups -OCH3 is 4. The molecule has 2 heterocycles. The van der Waals surface area contributed by atoms with E-state index in [-0.39, 0.29) is 0 Å². The molecule has 2 N–H and O–H groups in total. The van der Waals surface area contributed by atoms with Gasteiger partial charge in [0.05, 0.1) is 39.2 Å². The van der Waals surface area contributed by atoms with Gasteiger partial charge < -0.3 is 18.9 Å². The summed E-state index contributed by atoms with van der Waals surface area (Å²) in [5, 5.41) is 4.23. The Balaban J connectivity index is 0.000000648. The zero-order valence-electron chi connectivity index (χ0n) is 21.8. The lowest BCUT2D eigenvalue weighted by molar-refractivity contribution is -0.511. The van der Waals surface area contributed by atoms with Crippen molar-refractivity contribution in [2.45, 2.75) is 0 Å². The van der Waals surface area contributed by atoms with Gasteiger partial charge in [0.2, 0.25) is 11.2 Å². The molecule has 39 heavy (non-hydrogen) atoms. The lowest BCUT2D eigenvalue weighted by Gasteiger charge is -2.12. The van der Waals surface area contributed by atoms with Crippen molar-refractivity contribution in [2.75, 3.05) is 28.4 Å². The Hall–Kier alpha value is -4.38. The molecule has 0 aliphatic carbocycles. The zero-order chi connectivity index (χ0) is 28.2. The summed E-state index contributed by atoms with van der Waals surface area (Å²) in [4.78, 5) is 0. The molecule has 5 aromatic rings. The van der Waals surface area contributed by atoms with Crippen LogP contribution in [0, 0.1) is 0 Å². The quantitative estimate of drug-likeness (QED) is 0.127. The van der Waals surface area contributed by atoms with E-state index in [0.29, 0.717) is 23.0 Å². The normalized spacial score (nSPS) is 11.4. The third-order valence-electron chi connectivity index (χ3n) is 6.11. The number of aromatic nitrogens is 1. The molecule has 0 aliphatic heterocycles. The smallest absolute Gasteiger partial charge is 0.394 e. The van der Waals surface area contributed by atoms with Crippen LogP contribution in [-0.4, -0.2) is 46.0 Å². The topological polar surface area (TPSA) is 116 Å². The van der Waals surface area contributed by atoms with Gasteiger partial charge in [-0.2, -0.15) is 12.8 Å². The Bertz CT molecular complexity index is 1780. The second kappa shape index (κ2) is 11.6. The Morgan fingerprint density at radius 1 is 0.667 bits per heavy atom. The molecule has 0 aliphatic rings. The fourth-order valence-electron chi connectivity index (χ4n) is 4.40. The van der Waals surface area contributed by atoms with E-state index in [0.717, 1.165) is 38.3 Å². The summed E-state index contributed by atoms with van der Waals surface area (Å²) in [5.74, 6) is 2.78. The zero-order valence-corrected chi connectivity index (χ0v) is 22.6. The maximum absolute atomic E-state index is 8.74. The second-order valence-electron chi connectivity index (χ2n) is 8.38. The van der Waals surface area contributed by atoms with Crippen molar-refractivity contribution >= 4 is 49.6 Å². The van der Waals surface area contributed by atoms with Crippen LogP contribution in [0.25, 0.3) is 39.2 Å². The van der Waals surface area contributed by atoms with Crippen molar-refractivity contribution in [1.82, 2.24) is 0 Å². The van der Waals surface area contributed by atoms with E-state index in [1.54, 1.807) is 28.4 Å². The first-order valence-electron chi connectivity index (χ1n) is 11.7. The van der Waals surface area contributed by atoms with E-state index >= 15 is 0 Å². The van der Waals surface area contributed by atoms with E-state index in [4.69, 9.17) is 36.5 Å². The molecule has 0 bridgehead atoms. The number of nitrogens with zero attached hydrogens (tertiary/aromatic N) is 1. The molecule has 0 amide bonds. The Morgan fingerprint density at radius 2 is 1.18 bits per heavy atom. The van der Waals surface area contributed by atoms with E-state index in [2.05, 4.69) is 47.0 Å². The summed E-state index contributed by atoms with van der Waals surface area (Å²) in [7, 11) is 1.95. The summed E-state index contributed by atoms with van der Waals surface area (Å²) in [6, 6.07) is 22.6. The molecular formula is C29H28NO8S+. The molecule has 0 radical (unpaired) electrons. The predicted molar refractivity (Wildman–Crippen MR) is 150 cm³/mol. The molecule has 0 unspecified atom stereocenters. The van der Waals surface area contributed by atoms with Gasteiger partial charge in [0.1, 0.15) is 0 Å². The predicted octanol–water partition coefficient (Wildman–Crippen LogP) is 5.28. The summed E-state index contributed by atoms with van der Waals surface area (Å²) < 4.78 is 56.1. The standard InChI is InChI=1S/C29H26NO4.H2O4S/c1-31-26-15-20-12-13-30-24(11-10-19-8-6-5-7-9-19)23-18-29(34-4)27(32-2)16-21(23)14-25(30)22(20)17-28(26)33-3;1-5(2,3)4/h5-18H,1-4H3;(H2,1,2,3,4)/q+1;/b11-10+;. The van der Waals surface area contributed by atoms with Crippen molar-refractivity contribution in [1.29, 1.82) is 0 Å². The number of fused-ring (bicyclic) bond motifs is 4. The molecule has 0 saturated heterocycles. The first kappa shape index (κ1) is 27.6. The average molecular weight is 551 g/mol. The van der Waals surface area contributed by atoms with Crippen LogP contribution in [0.3, 0.4) is 0 Å². The van der Waals surface area contributed by atoms with Gasteiger partial charge in [0.25, 0.3) is 0 Å². The largest absolute Gasteiger partial charge is 0.493 e. The summed E-state index contributed by atoms with van der Waals surface area (Å²) >= 11 is 0. The van der Waals surface area contributed by atoms with Gasteiger partial charge in [-0.25, -0.2) is 0 Å². The van der Waals surface area contributed by atoms with Crippen LogP contribution in [-0.2, 0) is 10.4 Å². The number of pyridine rings is 2. The number of hydrogen-bond acceptors (Lipinski definition) is 6. The highest BCUT2D eigenvalue weighted by Gasteiger charge is 2.20. The number of benzene rings is 3. The molecule has 2 aromatic heterocycles. The molecule has 0 fully saturated rings. The summed E-state index contributed by atoms with van der Waals surface area (Å²) in [6.45, 7) is 0. The fourth-order valence-corrected chi connectivity index (χ4v) is 4.40. The number of rotatable bonds is 6. The van der Waals surface area contributed by atoms with Crippen molar-refractivity contribution in [3.8, 4) is 23.0 Å². The molecule has 0 spiro atoms. The molecule has 202 valence electrons. The fraction of sp³-hybridized carbons (Fsp3) is 0.138. The first-order valence-corrected chi connectivity index (χ1v) is 13.1. The van der Waals surface area contributed by atoms with Crippen molar-refractivity contribution in [3.05, 3.63) is 84.2 Å². The molecule has 0 saturated carbocycles. The molecule has 3 aromatic carbocycles. The van der Waals surface area contributed by atoms with E-state index in [1.165, 1.54) is 0 Å². The van der Waals surface area contributed by atoms with Crippen LogP contribution in [0.15, 0.2) is 72.9 Å². The third kappa shape index (κ3) is 6.20. The number of ether oxygens (including phenoxy) is 4. The van der Waals surface area contributed by atoms with Gasteiger partial charge in [0, 0.05) is 18.2 Å². The van der Waals surface area contributed by atoms with Gasteiger partial charge in [0.15, 0.2) is 29.2 Å². The highest BCUT2D eigenvalue weighted by molar-refractivity contribution is 7.79. The maximum Gasteiger partial charge on any atom is 0.394 e. The SMILES string of the molecule is COc1cc2cc3c4cc(OC)c(OC)cc4cc[n+]3c(/C=C/c3ccccc3)c2cc1OC.O=S(=O)(O)O. The lowest BCUT2D eigenvalue weighted by Crippen LogP contribution is -2.26. The molecule has 10 heteroatoms. The van der Waals surface area contributed by atoms with E-state index in [9.17, 15) is 0 Å². The Kier molecular flexibility index (Phi) is 8.20. The monoisotopic (exact) mass is 550 g/mol. The van der Waals surface area contributed by atoms with Crippen LogP contribution in [0.2, 0.25) is 0 Å². The molecule has 5 rings (SSSR count). The van der Waals surface area contributed by atoms with Crippen molar-refractivity contribution < 1.29 is 40.9 Å². The van der Waals surface area contributed by atoms with Crippen LogP contribution in [0.1, 0.15) is 11.3 Å². The molecule has 0 atom stereocenters. The second-order valence-corrected chi connectivity index (χ2v) is 9.28. The highest BCUT2D eigenvalue weighted by atomic mass is 32.3. The van der Waals surface area contributed by atoms with Crippen LogP contribution < -0.4 is 23.3 Å². The Morgan fingerprint density at radius 3 is 1.74 bits per heavy atom. The van der Waals surface area contributed by atoms with Crippen molar-refractivity contribution in [2.24, 2.45) is 0 Å². The highest BCUT2D eigenvalue weighted by Crippen LogP contribution is 2.37. The van der Waals surface area contributed by atoms with Gasteiger partial charge in [-0.15, -0.1) is 0 Å². The summed E-state index contributed by atoms with van der Waals surface area (Å²) in [5.41, 5.74) is 3.21. The third-order valence-corrected chi connectivity index (χ3v) is 6.11. The minimum atomic E-state index is -4.67. The lowest BCUT2D eigenvalue weighted by atomic mass is 10.0. The van der Waals surface area contributed by atoms with Gasteiger partial charge in [-0.1, -0.05) is 30.3 Å². The van der Waals surface area contributed by atoms with Gasteiger partial charge >= 0.3 is 10.4 Å². The minimum absolute atomic E-state index is 0.691. The van der Waals surface area contributed by atoms with Crippen LogP contribution in [0.5, 0.6) is 23.0 Å². The molecule has 9 nitrogen and oxygen atoms in total. The minimum Gasteiger partial charge on any atom is -0.493 e. The van der Waals surface area contributed by atoms with Gasteiger partial charge in [-0.05, 0) is 46.7 Å². The van der Waals surface area contributed by atoms with Crippen LogP contribution in [0.4, 0.5) is 0 Å². The van der Waals surface area contributed by atoms with E-state index < -0.39 is 10.4 Å². The number of hydrogen-bond donors (Lipinski definition) is 2. The maximum atomic E-state index is 8.74. The van der Waals surface area contributed by atoms with Crippen LogP contribution >= 0.6 is 0 Å². The van der Waals surface area contributed by atoms with Gasteiger partial charge in [-0.3, -0.25) is 9.11 Å². The average Bonchev–Trinajstić information content (AvgIpc) is 2.93. The first-order chi connectivity index (χ1) is 18.7. The Labute approximate surface area is 226 Å². The van der Waals surface area contributed by atoms with E-state index in [1.807, 2.05) is 42.5 Å².